The summed E-state index contributed by atoms with van der Waals surface area (Å²) < 4.78 is 0.916. The van der Waals surface area contributed by atoms with Gasteiger partial charge in [0.05, 0.1) is 5.56 Å². The molecule has 0 aromatic heterocycles. The Kier molecular flexibility index (Phi) is 4.12. The number of phenolic OH excluding ortho intramolecular Hbond substituents is 1. The minimum absolute atomic E-state index is 0.00562. The molecule has 0 unspecified atom stereocenters. The minimum atomic E-state index is -0.260. The standard InChI is InChI=1S/C16H15IN2O2/c17-13-3-4-15(20)14(6-13)16(21)19-7-10-1-2-11-8-18-9-12(11)5-10/h1-6,18,20H,7-9H2,(H,19,21). The van der Waals surface area contributed by atoms with Crippen molar-refractivity contribution in [2.75, 3.05) is 0 Å². The average Bonchev–Trinajstić information content (AvgIpc) is 2.94. The first-order valence-electron chi connectivity index (χ1n) is 6.71. The Morgan fingerprint density at radius 2 is 2.00 bits per heavy atom. The number of halogens is 1. The zero-order chi connectivity index (χ0) is 14.8. The zero-order valence-corrected chi connectivity index (χ0v) is 13.5. The van der Waals surface area contributed by atoms with Gasteiger partial charge in [-0.05, 0) is 57.5 Å². The van der Waals surface area contributed by atoms with Gasteiger partial charge in [0.2, 0.25) is 0 Å². The van der Waals surface area contributed by atoms with Gasteiger partial charge in [-0.15, -0.1) is 0 Å². The highest BCUT2D eigenvalue weighted by Gasteiger charge is 2.13. The lowest BCUT2D eigenvalue weighted by atomic mass is 10.1. The molecular formula is C16H15IN2O2. The van der Waals surface area contributed by atoms with Crippen LogP contribution in [0.25, 0.3) is 0 Å². The Morgan fingerprint density at radius 3 is 2.86 bits per heavy atom. The van der Waals surface area contributed by atoms with E-state index in [4.69, 9.17) is 0 Å². The van der Waals surface area contributed by atoms with Gasteiger partial charge < -0.3 is 15.7 Å². The van der Waals surface area contributed by atoms with E-state index in [1.165, 1.54) is 17.2 Å². The molecule has 0 radical (unpaired) electrons. The number of fused-ring (bicyclic) bond motifs is 1. The van der Waals surface area contributed by atoms with Crippen LogP contribution in [0.15, 0.2) is 36.4 Å². The Bertz CT molecular complexity index is 701. The fourth-order valence-electron chi connectivity index (χ4n) is 2.43. The molecule has 0 saturated carbocycles. The average molecular weight is 394 g/mol. The van der Waals surface area contributed by atoms with E-state index in [0.29, 0.717) is 12.1 Å². The molecule has 3 rings (SSSR count). The molecule has 1 aliphatic heterocycles. The summed E-state index contributed by atoms with van der Waals surface area (Å²) in [5.74, 6) is -0.254. The third-order valence-corrected chi connectivity index (χ3v) is 4.23. The van der Waals surface area contributed by atoms with E-state index in [0.717, 1.165) is 22.2 Å². The number of nitrogens with one attached hydrogen (secondary N) is 2. The lowest BCUT2D eigenvalue weighted by Gasteiger charge is -2.08. The van der Waals surface area contributed by atoms with Crippen LogP contribution in [-0.2, 0) is 19.6 Å². The van der Waals surface area contributed by atoms with Crippen LogP contribution in [0.1, 0.15) is 27.0 Å². The third-order valence-electron chi connectivity index (χ3n) is 3.56. The van der Waals surface area contributed by atoms with E-state index in [9.17, 15) is 9.90 Å². The molecule has 2 aromatic carbocycles. The van der Waals surface area contributed by atoms with Crippen molar-refractivity contribution in [1.29, 1.82) is 0 Å². The summed E-state index contributed by atoms with van der Waals surface area (Å²) in [5.41, 5.74) is 3.99. The highest BCUT2D eigenvalue weighted by molar-refractivity contribution is 14.1. The highest BCUT2D eigenvalue weighted by Crippen LogP contribution is 2.20. The van der Waals surface area contributed by atoms with Gasteiger partial charge in [-0.3, -0.25) is 4.79 Å². The number of carbonyl (C=O) groups is 1. The molecule has 0 saturated heterocycles. The molecule has 0 aliphatic carbocycles. The Labute approximate surface area is 136 Å². The van der Waals surface area contributed by atoms with Crippen molar-refractivity contribution in [1.82, 2.24) is 10.6 Å². The summed E-state index contributed by atoms with van der Waals surface area (Å²) in [7, 11) is 0. The first-order chi connectivity index (χ1) is 10.1. The Hall–Kier alpha value is -1.60. The van der Waals surface area contributed by atoms with E-state index in [2.05, 4.69) is 45.4 Å². The SMILES string of the molecule is O=C(NCc1ccc2c(c1)CNC2)c1cc(I)ccc1O. The summed E-state index contributed by atoms with van der Waals surface area (Å²) in [6.45, 7) is 2.25. The van der Waals surface area contributed by atoms with Crippen LogP contribution in [0.5, 0.6) is 5.75 Å². The number of aromatic hydroxyl groups is 1. The number of benzene rings is 2. The third kappa shape index (κ3) is 3.19. The van der Waals surface area contributed by atoms with Crippen LogP contribution in [-0.4, -0.2) is 11.0 Å². The molecule has 1 aliphatic rings. The monoisotopic (exact) mass is 394 g/mol. The molecular weight excluding hydrogens is 379 g/mol. The van der Waals surface area contributed by atoms with Crippen LogP contribution in [0.2, 0.25) is 0 Å². The number of hydrogen-bond acceptors (Lipinski definition) is 3. The van der Waals surface area contributed by atoms with Gasteiger partial charge in [0.1, 0.15) is 5.75 Å². The van der Waals surface area contributed by atoms with Crippen LogP contribution in [0.4, 0.5) is 0 Å². The number of amides is 1. The molecule has 108 valence electrons. The van der Waals surface area contributed by atoms with Crippen LogP contribution in [0.3, 0.4) is 0 Å². The van der Waals surface area contributed by atoms with Gasteiger partial charge in [0, 0.05) is 23.2 Å². The summed E-state index contributed by atoms with van der Waals surface area (Å²) in [6.07, 6.45) is 0. The molecule has 0 fully saturated rings. The molecule has 2 aromatic rings. The molecule has 5 heteroatoms. The smallest absolute Gasteiger partial charge is 0.255 e. The van der Waals surface area contributed by atoms with E-state index in [1.807, 2.05) is 6.07 Å². The number of hydrogen-bond donors (Lipinski definition) is 3. The Morgan fingerprint density at radius 1 is 1.19 bits per heavy atom. The maximum absolute atomic E-state index is 12.1. The summed E-state index contributed by atoms with van der Waals surface area (Å²) in [6, 6.07) is 11.2. The fourth-order valence-corrected chi connectivity index (χ4v) is 2.92. The second-order valence-electron chi connectivity index (χ2n) is 5.05. The van der Waals surface area contributed by atoms with Crippen LogP contribution in [0, 0.1) is 3.57 Å². The van der Waals surface area contributed by atoms with Crippen molar-refractivity contribution in [3.63, 3.8) is 0 Å². The highest BCUT2D eigenvalue weighted by atomic mass is 127. The molecule has 1 heterocycles. The van der Waals surface area contributed by atoms with Crippen molar-refractivity contribution < 1.29 is 9.90 Å². The molecule has 4 nitrogen and oxygen atoms in total. The van der Waals surface area contributed by atoms with Gasteiger partial charge in [0.25, 0.3) is 5.91 Å². The van der Waals surface area contributed by atoms with Crippen molar-refractivity contribution >= 4 is 28.5 Å². The largest absolute Gasteiger partial charge is 0.507 e. The zero-order valence-electron chi connectivity index (χ0n) is 11.3. The van der Waals surface area contributed by atoms with Crippen molar-refractivity contribution in [2.24, 2.45) is 0 Å². The van der Waals surface area contributed by atoms with Crippen LogP contribution >= 0.6 is 22.6 Å². The van der Waals surface area contributed by atoms with Crippen molar-refractivity contribution in [2.45, 2.75) is 19.6 Å². The van der Waals surface area contributed by atoms with Crippen molar-refractivity contribution in [3.8, 4) is 5.75 Å². The predicted molar refractivity (Wildman–Crippen MR) is 89.0 cm³/mol. The number of phenols is 1. The lowest BCUT2D eigenvalue weighted by Crippen LogP contribution is -2.23. The van der Waals surface area contributed by atoms with E-state index < -0.39 is 0 Å². The lowest BCUT2D eigenvalue weighted by molar-refractivity contribution is 0.0948. The first-order valence-corrected chi connectivity index (χ1v) is 7.79. The number of rotatable bonds is 3. The maximum atomic E-state index is 12.1. The van der Waals surface area contributed by atoms with Crippen LogP contribution < -0.4 is 10.6 Å². The first kappa shape index (κ1) is 14.3. The van der Waals surface area contributed by atoms with E-state index >= 15 is 0 Å². The quantitative estimate of drug-likeness (QED) is 0.702. The second kappa shape index (κ2) is 6.03. The minimum Gasteiger partial charge on any atom is -0.507 e. The van der Waals surface area contributed by atoms with E-state index in [1.54, 1.807) is 12.1 Å². The molecule has 3 N–H and O–H groups in total. The number of carbonyl (C=O) groups excluding carboxylic acids is 1. The molecule has 21 heavy (non-hydrogen) atoms. The topological polar surface area (TPSA) is 61.4 Å². The molecule has 0 bridgehead atoms. The summed E-state index contributed by atoms with van der Waals surface area (Å²) in [4.78, 5) is 12.1. The molecule has 0 spiro atoms. The normalized spacial score (nSPS) is 13.0. The summed E-state index contributed by atoms with van der Waals surface area (Å²) in [5, 5.41) is 15.9. The molecule has 1 amide bonds. The van der Waals surface area contributed by atoms with Gasteiger partial charge in [-0.2, -0.15) is 0 Å². The van der Waals surface area contributed by atoms with Gasteiger partial charge in [0.15, 0.2) is 0 Å². The van der Waals surface area contributed by atoms with E-state index in [-0.39, 0.29) is 11.7 Å². The maximum Gasteiger partial charge on any atom is 0.255 e. The fraction of sp³-hybridized carbons (Fsp3) is 0.188. The second-order valence-corrected chi connectivity index (χ2v) is 6.30. The van der Waals surface area contributed by atoms with Gasteiger partial charge >= 0.3 is 0 Å². The summed E-state index contributed by atoms with van der Waals surface area (Å²) >= 11 is 2.12. The van der Waals surface area contributed by atoms with Gasteiger partial charge in [-0.1, -0.05) is 18.2 Å². The van der Waals surface area contributed by atoms with Crippen molar-refractivity contribution in [3.05, 3.63) is 62.2 Å². The molecule has 0 atom stereocenters. The van der Waals surface area contributed by atoms with Gasteiger partial charge in [-0.25, -0.2) is 0 Å². The predicted octanol–water partition coefficient (Wildman–Crippen LogP) is 2.53. The Balaban J connectivity index is 1.70.